The summed E-state index contributed by atoms with van der Waals surface area (Å²) in [5, 5.41) is 0. The summed E-state index contributed by atoms with van der Waals surface area (Å²) in [4.78, 5) is 19.9. The minimum atomic E-state index is -5.10. The van der Waals surface area contributed by atoms with Crippen LogP contribution in [0.15, 0.2) is 0 Å². The van der Waals surface area contributed by atoms with E-state index in [0.717, 1.165) is 0 Å². The van der Waals surface area contributed by atoms with Crippen molar-refractivity contribution in [3.05, 3.63) is 0 Å². The zero-order valence-corrected chi connectivity index (χ0v) is 10.4. The molecule has 16 heavy (non-hydrogen) atoms. The average molecular weight is 260 g/mol. The highest BCUT2D eigenvalue weighted by molar-refractivity contribution is 7.54. The van der Waals surface area contributed by atoms with Gasteiger partial charge in [0, 0.05) is 6.92 Å². The van der Waals surface area contributed by atoms with E-state index >= 15 is 0 Å². The predicted molar refractivity (Wildman–Crippen MR) is 51.9 cm³/mol. The first-order valence-corrected chi connectivity index (χ1v) is 5.98. The van der Waals surface area contributed by atoms with E-state index < -0.39 is 31.4 Å². The van der Waals surface area contributed by atoms with Gasteiger partial charge in [-0.1, -0.05) is 0 Å². The van der Waals surface area contributed by atoms with Crippen LogP contribution in [0.1, 0.15) is 27.7 Å². The molecule has 8 heteroatoms. The molecule has 0 rings (SSSR count). The van der Waals surface area contributed by atoms with Gasteiger partial charge in [0.25, 0.3) is 0 Å². The highest BCUT2D eigenvalue weighted by Crippen LogP contribution is 2.57. The Bertz CT molecular complexity index is 305. The molecule has 0 aromatic heterocycles. The Labute approximate surface area is 92.3 Å². The van der Waals surface area contributed by atoms with E-state index in [9.17, 15) is 18.1 Å². The lowest BCUT2D eigenvalue weighted by molar-refractivity contribution is -0.160. The molecular weight excluding hydrogens is 245 g/mol. The van der Waals surface area contributed by atoms with Gasteiger partial charge >= 0.3 is 19.2 Å². The first-order valence-electron chi connectivity index (χ1n) is 4.40. The lowest BCUT2D eigenvalue weighted by Crippen LogP contribution is -2.24. The molecule has 0 amide bonds. The molecule has 0 aliphatic rings. The van der Waals surface area contributed by atoms with E-state index in [1.54, 1.807) is 20.8 Å². The third kappa shape index (κ3) is 4.55. The van der Waals surface area contributed by atoms with E-state index in [0.29, 0.717) is 0 Å². The maximum absolute atomic E-state index is 12.5. The molecule has 0 radical (unpaired) electrons. The Balaban J connectivity index is 4.21. The van der Waals surface area contributed by atoms with Gasteiger partial charge in [-0.3, -0.25) is 13.9 Å². The van der Waals surface area contributed by atoms with Crippen LogP contribution in [0.3, 0.4) is 0 Å². The largest absolute Gasteiger partial charge is 0.438 e. The molecule has 1 N–H and O–H groups in total. The van der Waals surface area contributed by atoms with Crippen molar-refractivity contribution in [3.63, 3.8) is 0 Å². The number of ether oxygens (including phenoxy) is 1. The standard InChI is InChI=1S/C8H15F2O5P/c1-7(2,3)6(11)14-5-15-16(12,13)8(4,9)10/h5H2,1-4H3,(H,12,13). The van der Waals surface area contributed by atoms with E-state index in [2.05, 4.69) is 9.26 Å². The van der Waals surface area contributed by atoms with E-state index in [1.807, 2.05) is 0 Å². The van der Waals surface area contributed by atoms with Crippen molar-refractivity contribution in [3.8, 4) is 0 Å². The molecule has 0 aliphatic heterocycles. The quantitative estimate of drug-likeness (QED) is 0.477. The van der Waals surface area contributed by atoms with E-state index in [1.165, 1.54) is 0 Å². The smallest absolute Gasteiger partial charge is 0.399 e. The Kier molecular flexibility index (Phi) is 4.62. The zero-order valence-electron chi connectivity index (χ0n) is 9.49. The predicted octanol–water partition coefficient (Wildman–Crippen LogP) is 2.35. The maximum atomic E-state index is 12.5. The molecule has 96 valence electrons. The van der Waals surface area contributed by atoms with Gasteiger partial charge in [0.05, 0.1) is 5.41 Å². The summed E-state index contributed by atoms with van der Waals surface area (Å²) in [5.41, 5.74) is -4.72. The molecule has 1 atom stereocenters. The fourth-order valence-electron chi connectivity index (χ4n) is 0.481. The lowest BCUT2D eigenvalue weighted by atomic mass is 9.98. The van der Waals surface area contributed by atoms with Crippen LogP contribution in [0.2, 0.25) is 0 Å². The van der Waals surface area contributed by atoms with Crippen LogP contribution in [0.5, 0.6) is 0 Å². The normalized spacial score (nSPS) is 16.7. The summed E-state index contributed by atoms with van der Waals surface area (Å²) in [6.07, 6.45) is 0. The molecule has 0 heterocycles. The van der Waals surface area contributed by atoms with E-state index in [4.69, 9.17) is 4.89 Å². The van der Waals surface area contributed by atoms with Gasteiger partial charge in [-0.25, -0.2) is 0 Å². The van der Waals surface area contributed by atoms with Crippen molar-refractivity contribution in [1.29, 1.82) is 0 Å². The van der Waals surface area contributed by atoms with Crippen molar-refractivity contribution >= 4 is 13.6 Å². The third-order valence-corrected chi connectivity index (χ3v) is 2.97. The van der Waals surface area contributed by atoms with Crippen LogP contribution in [0.4, 0.5) is 8.78 Å². The molecule has 0 aliphatic carbocycles. The highest BCUT2D eigenvalue weighted by Gasteiger charge is 2.46. The van der Waals surface area contributed by atoms with Crippen molar-refractivity contribution in [1.82, 2.24) is 0 Å². The molecule has 0 spiro atoms. The molecule has 0 fully saturated rings. The first kappa shape index (κ1) is 15.5. The van der Waals surface area contributed by atoms with Crippen molar-refractivity contribution in [2.75, 3.05) is 6.79 Å². The number of rotatable bonds is 4. The first-order chi connectivity index (χ1) is 6.88. The van der Waals surface area contributed by atoms with Gasteiger partial charge in [-0.05, 0) is 20.8 Å². The highest BCUT2D eigenvalue weighted by atomic mass is 31.2. The monoisotopic (exact) mass is 260 g/mol. The van der Waals surface area contributed by atoms with Crippen LogP contribution >= 0.6 is 7.60 Å². The number of esters is 1. The van der Waals surface area contributed by atoms with Crippen molar-refractivity contribution in [2.24, 2.45) is 5.41 Å². The number of halogens is 2. The number of carbonyl (C=O) groups excluding carboxylic acids is 1. The average Bonchev–Trinajstić information content (AvgIpc) is 1.99. The Morgan fingerprint density at radius 2 is 1.75 bits per heavy atom. The summed E-state index contributed by atoms with van der Waals surface area (Å²) in [5.74, 6) is -0.716. The van der Waals surface area contributed by atoms with Crippen LogP contribution in [0, 0.1) is 5.41 Å². The minimum Gasteiger partial charge on any atom is -0.438 e. The molecule has 0 bridgehead atoms. The molecule has 0 saturated heterocycles. The van der Waals surface area contributed by atoms with Gasteiger partial charge in [0.2, 0.25) is 6.79 Å². The second-order valence-electron chi connectivity index (χ2n) is 4.29. The second kappa shape index (κ2) is 4.77. The number of carbonyl (C=O) groups is 1. The molecular formula is C8H15F2O5P. The summed E-state index contributed by atoms with van der Waals surface area (Å²) < 4.78 is 44.2. The molecule has 5 nitrogen and oxygen atoms in total. The van der Waals surface area contributed by atoms with Gasteiger partial charge in [-0.2, -0.15) is 8.78 Å². The fourth-order valence-corrected chi connectivity index (χ4v) is 0.903. The Morgan fingerprint density at radius 1 is 1.31 bits per heavy atom. The second-order valence-corrected chi connectivity index (χ2v) is 6.38. The molecule has 0 aromatic carbocycles. The van der Waals surface area contributed by atoms with Crippen LogP contribution < -0.4 is 0 Å². The zero-order chi connectivity index (χ0) is 13.2. The van der Waals surface area contributed by atoms with Gasteiger partial charge in [-0.15, -0.1) is 0 Å². The number of alkyl halides is 2. The van der Waals surface area contributed by atoms with Gasteiger partial charge < -0.3 is 9.63 Å². The number of hydrogen-bond acceptors (Lipinski definition) is 4. The van der Waals surface area contributed by atoms with Crippen molar-refractivity contribution < 1.29 is 32.3 Å². The topological polar surface area (TPSA) is 72.8 Å². The minimum absolute atomic E-state index is 0.249. The maximum Gasteiger partial charge on any atom is 0.399 e. The van der Waals surface area contributed by atoms with Crippen molar-refractivity contribution in [2.45, 2.75) is 33.4 Å². The summed E-state index contributed by atoms with van der Waals surface area (Å²) >= 11 is 0. The van der Waals surface area contributed by atoms with Crippen LogP contribution in [-0.2, 0) is 18.6 Å². The molecule has 0 aromatic rings. The van der Waals surface area contributed by atoms with Crippen LogP contribution in [-0.4, -0.2) is 23.3 Å². The summed E-state index contributed by atoms with van der Waals surface area (Å²) in [6, 6.07) is 0. The summed E-state index contributed by atoms with van der Waals surface area (Å²) in [6.45, 7) is 3.90. The van der Waals surface area contributed by atoms with Gasteiger partial charge in [0.15, 0.2) is 0 Å². The third-order valence-electron chi connectivity index (χ3n) is 1.53. The Morgan fingerprint density at radius 3 is 2.06 bits per heavy atom. The SMILES string of the molecule is CC(C)(C)C(=O)OCOP(=O)(O)C(C)(F)F. The molecule has 1 unspecified atom stereocenters. The Hall–Kier alpha value is -0.520. The molecule has 0 saturated carbocycles. The van der Waals surface area contributed by atoms with Gasteiger partial charge in [0.1, 0.15) is 0 Å². The van der Waals surface area contributed by atoms with E-state index in [-0.39, 0.29) is 6.92 Å². The number of hydrogen-bond donors (Lipinski definition) is 1. The summed E-state index contributed by atoms with van der Waals surface area (Å²) in [7, 11) is -5.10. The fraction of sp³-hybridized carbons (Fsp3) is 0.875. The lowest BCUT2D eigenvalue weighted by Gasteiger charge is -2.20. The van der Waals surface area contributed by atoms with Crippen LogP contribution in [0.25, 0.3) is 0 Å².